The Balaban J connectivity index is 2.42. The summed E-state index contributed by atoms with van der Waals surface area (Å²) in [5.74, 6) is -0.300. The van der Waals surface area contributed by atoms with Gasteiger partial charge in [0.15, 0.2) is 0 Å². The van der Waals surface area contributed by atoms with E-state index < -0.39 is 23.7 Å². The number of allylic oxidation sites excluding steroid dienone is 2. The van der Waals surface area contributed by atoms with E-state index >= 15 is 0 Å². The van der Waals surface area contributed by atoms with Gasteiger partial charge in [0.25, 0.3) is 5.91 Å². The van der Waals surface area contributed by atoms with E-state index in [1.54, 1.807) is 6.92 Å². The summed E-state index contributed by atoms with van der Waals surface area (Å²) in [6.45, 7) is 1.91. The molecule has 4 N–H and O–H groups in total. The second-order valence-corrected chi connectivity index (χ2v) is 7.44. The quantitative estimate of drug-likeness (QED) is 0.327. The van der Waals surface area contributed by atoms with Gasteiger partial charge in [-0.25, -0.2) is 4.99 Å². The van der Waals surface area contributed by atoms with E-state index in [1.165, 1.54) is 17.0 Å². The molecule has 11 heteroatoms. The number of nitrogens with zero attached hydrogens (tertiary/aromatic N) is 2. The maximum Gasteiger partial charge on any atom is 0.416 e. The van der Waals surface area contributed by atoms with Crippen molar-refractivity contribution < 1.29 is 18.0 Å². The SMILES string of the molecule is CC(/C(=N/C=N)N/C(C=N)=C/C=N)N(CC1CC1)C(=O)c1cc(Cl)cc(C(F)(F)F)c1. The Kier molecular flexibility index (Phi) is 8.09. The van der Waals surface area contributed by atoms with Gasteiger partial charge in [-0.05, 0) is 50.0 Å². The van der Waals surface area contributed by atoms with Crippen molar-refractivity contribution in [3.63, 3.8) is 0 Å². The van der Waals surface area contributed by atoms with Gasteiger partial charge in [-0.2, -0.15) is 13.2 Å². The Hall–Kier alpha value is -3.01. The van der Waals surface area contributed by atoms with Gasteiger partial charge in [0.1, 0.15) is 12.2 Å². The Morgan fingerprint density at radius 1 is 1.32 bits per heavy atom. The third-order valence-electron chi connectivity index (χ3n) is 4.64. The summed E-state index contributed by atoms with van der Waals surface area (Å²) in [4.78, 5) is 18.5. The molecule has 1 aromatic rings. The van der Waals surface area contributed by atoms with Crippen LogP contribution in [0.2, 0.25) is 5.02 Å². The lowest BCUT2D eigenvalue weighted by Crippen LogP contribution is -2.49. The number of benzene rings is 1. The van der Waals surface area contributed by atoms with E-state index in [0.717, 1.165) is 43.7 Å². The number of nitrogens with one attached hydrogen (secondary N) is 4. The van der Waals surface area contributed by atoms with Crippen molar-refractivity contribution in [1.29, 1.82) is 16.2 Å². The second kappa shape index (κ2) is 10.3. The zero-order chi connectivity index (χ0) is 23.2. The van der Waals surface area contributed by atoms with Gasteiger partial charge in [0, 0.05) is 29.6 Å². The smallest absolute Gasteiger partial charge is 0.341 e. The number of carbonyl (C=O) groups excluding carboxylic acids is 1. The molecular formula is C20H22ClF3N6O. The molecule has 1 aliphatic rings. The fourth-order valence-corrected chi connectivity index (χ4v) is 3.10. The van der Waals surface area contributed by atoms with E-state index in [0.29, 0.717) is 6.54 Å². The third kappa shape index (κ3) is 6.74. The standard InChI is InChI=1S/C20H22ClF3N6O/c1-12(18(28-11-27)29-17(9-26)4-5-25)30(10-13-2-3-13)19(31)14-6-15(20(22,23)24)8-16(21)7-14/h4-9,11-13,25-26H,2-3,10H2,1H3,(H2,27,28,29)/b17-4+,25-5?,26-9?. The minimum absolute atomic E-state index is 0.138. The molecule has 0 bridgehead atoms. The summed E-state index contributed by atoms with van der Waals surface area (Å²) >= 11 is 5.85. The van der Waals surface area contributed by atoms with Gasteiger partial charge >= 0.3 is 6.18 Å². The van der Waals surface area contributed by atoms with Crippen molar-refractivity contribution in [2.75, 3.05) is 6.54 Å². The topological polar surface area (TPSA) is 116 Å². The largest absolute Gasteiger partial charge is 0.416 e. The average molecular weight is 455 g/mol. The highest BCUT2D eigenvalue weighted by atomic mass is 35.5. The van der Waals surface area contributed by atoms with Crippen LogP contribution in [-0.4, -0.2) is 48.0 Å². The Labute approximate surface area is 182 Å². The zero-order valence-corrected chi connectivity index (χ0v) is 17.4. The van der Waals surface area contributed by atoms with Gasteiger partial charge in [-0.15, -0.1) is 0 Å². The summed E-state index contributed by atoms with van der Waals surface area (Å²) in [5.41, 5.74) is -1.03. The Morgan fingerprint density at radius 2 is 2.00 bits per heavy atom. The number of hydrogen-bond acceptors (Lipinski definition) is 4. The van der Waals surface area contributed by atoms with Crippen LogP contribution in [0.1, 0.15) is 35.7 Å². The van der Waals surface area contributed by atoms with E-state index in [9.17, 15) is 18.0 Å². The molecule has 1 amide bonds. The molecule has 7 nitrogen and oxygen atoms in total. The lowest BCUT2D eigenvalue weighted by molar-refractivity contribution is -0.137. The van der Waals surface area contributed by atoms with Crippen LogP contribution in [-0.2, 0) is 6.18 Å². The number of amides is 1. The lowest BCUT2D eigenvalue weighted by Gasteiger charge is -2.31. The molecule has 1 saturated carbocycles. The molecule has 1 atom stereocenters. The van der Waals surface area contributed by atoms with Crippen molar-refractivity contribution in [2.24, 2.45) is 10.9 Å². The van der Waals surface area contributed by atoms with Crippen molar-refractivity contribution in [3.8, 4) is 0 Å². The van der Waals surface area contributed by atoms with Gasteiger partial charge in [-0.1, -0.05) is 11.6 Å². The number of amidine groups is 1. The minimum Gasteiger partial charge on any atom is -0.341 e. The molecular weight excluding hydrogens is 433 g/mol. The molecule has 0 aromatic heterocycles. The molecule has 1 aromatic carbocycles. The van der Waals surface area contributed by atoms with E-state index in [4.69, 9.17) is 27.8 Å². The predicted molar refractivity (Wildman–Crippen MR) is 115 cm³/mol. The molecule has 1 unspecified atom stereocenters. The highest BCUT2D eigenvalue weighted by Crippen LogP contribution is 2.34. The molecule has 0 aliphatic heterocycles. The van der Waals surface area contributed by atoms with Crippen molar-refractivity contribution >= 4 is 42.1 Å². The normalized spacial score (nSPS) is 15.8. The van der Waals surface area contributed by atoms with Crippen molar-refractivity contribution in [1.82, 2.24) is 10.2 Å². The number of halogens is 4. The first kappa shape index (κ1) is 24.3. The van der Waals surface area contributed by atoms with Crippen LogP contribution >= 0.6 is 11.6 Å². The summed E-state index contributed by atoms with van der Waals surface area (Å²) in [5, 5.41) is 24.5. The molecule has 2 rings (SSSR count). The van der Waals surface area contributed by atoms with Gasteiger partial charge in [0.2, 0.25) is 0 Å². The molecule has 1 aliphatic carbocycles. The van der Waals surface area contributed by atoms with Crippen LogP contribution in [0.15, 0.2) is 35.0 Å². The average Bonchev–Trinajstić information content (AvgIpc) is 3.53. The maximum absolute atomic E-state index is 13.2. The van der Waals surface area contributed by atoms with Crippen molar-refractivity contribution in [3.05, 3.63) is 46.1 Å². The highest BCUT2D eigenvalue weighted by molar-refractivity contribution is 6.31. The molecule has 0 saturated heterocycles. The first-order valence-corrected chi connectivity index (χ1v) is 9.72. The fraction of sp³-hybridized carbons (Fsp3) is 0.350. The molecule has 1 fully saturated rings. The number of alkyl halides is 3. The number of carbonyl (C=O) groups is 1. The van der Waals surface area contributed by atoms with Crippen LogP contribution in [0.3, 0.4) is 0 Å². The first-order chi connectivity index (χ1) is 14.6. The summed E-state index contributed by atoms with van der Waals surface area (Å²) < 4.78 is 39.6. The summed E-state index contributed by atoms with van der Waals surface area (Å²) in [6.07, 6.45) is 1.07. The highest BCUT2D eigenvalue weighted by Gasteiger charge is 2.35. The molecule has 166 valence electrons. The maximum atomic E-state index is 13.2. The molecule has 31 heavy (non-hydrogen) atoms. The van der Waals surface area contributed by atoms with Gasteiger partial charge in [0.05, 0.1) is 17.3 Å². The first-order valence-electron chi connectivity index (χ1n) is 9.34. The summed E-state index contributed by atoms with van der Waals surface area (Å²) in [6, 6.07) is 1.95. The second-order valence-electron chi connectivity index (χ2n) is 7.00. The third-order valence-corrected chi connectivity index (χ3v) is 4.86. The van der Waals surface area contributed by atoms with Gasteiger partial charge in [-0.3, -0.25) is 10.2 Å². The monoisotopic (exact) mass is 454 g/mol. The zero-order valence-electron chi connectivity index (χ0n) is 16.6. The Morgan fingerprint density at radius 3 is 2.52 bits per heavy atom. The lowest BCUT2D eigenvalue weighted by atomic mass is 10.1. The minimum atomic E-state index is -4.66. The van der Waals surface area contributed by atoms with Crippen LogP contribution < -0.4 is 5.32 Å². The number of hydrogen-bond donors (Lipinski definition) is 4. The van der Waals surface area contributed by atoms with Crippen LogP contribution in [0.4, 0.5) is 13.2 Å². The molecule has 0 spiro atoms. The Bertz CT molecular complexity index is 924. The fourth-order valence-electron chi connectivity index (χ4n) is 2.86. The van der Waals surface area contributed by atoms with E-state index in [1.807, 2.05) is 0 Å². The van der Waals surface area contributed by atoms with Crippen LogP contribution in [0, 0.1) is 22.1 Å². The van der Waals surface area contributed by atoms with Gasteiger partial charge < -0.3 is 21.0 Å². The summed E-state index contributed by atoms with van der Waals surface area (Å²) in [7, 11) is 0. The van der Waals surface area contributed by atoms with Crippen LogP contribution in [0.25, 0.3) is 0 Å². The molecule has 0 radical (unpaired) electrons. The predicted octanol–water partition coefficient (Wildman–Crippen LogP) is 4.38. The number of rotatable bonds is 9. The molecule has 0 heterocycles. The van der Waals surface area contributed by atoms with Crippen molar-refractivity contribution in [2.45, 2.75) is 32.0 Å². The van der Waals surface area contributed by atoms with E-state index in [-0.39, 0.29) is 28.0 Å². The van der Waals surface area contributed by atoms with E-state index in [2.05, 4.69) is 10.3 Å². The number of aliphatic imine (C=N–C) groups is 1. The van der Waals surface area contributed by atoms with Crippen LogP contribution in [0.5, 0.6) is 0 Å².